The van der Waals surface area contributed by atoms with Crippen LogP contribution in [0.15, 0.2) is 12.1 Å². The standard InChI is InChI=1S/C10H14ClN3O2/c1-12(2)8-6-9(13(3)4)10(14(15)16)5-7(8)11/h5-6H,1-4H3. The van der Waals surface area contributed by atoms with Gasteiger partial charge in [0.2, 0.25) is 0 Å². The Labute approximate surface area is 99.4 Å². The van der Waals surface area contributed by atoms with Crippen LogP contribution in [0.3, 0.4) is 0 Å². The van der Waals surface area contributed by atoms with Gasteiger partial charge in [0.05, 0.1) is 15.6 Å². The molecule has 0 spiro atoms. The van der Waals surface area contributed by atoms with Crippen molar-refractivity contribution in [3.05, 3.63) is 27.3 Å². The van der Waals surface area contributed by atoms with Gasteiger partial charge in [-0.2, -0.15) is 0 Å². The fourth-order valence-electron chi connectivity index (χ4n) is 1.39. The summed E-state index contributed by atoms with van der Waals surface area (Å²) in [6, 6.07) is 3.09. The van der Waals surface area contributed by atoms with E-state index in [4.69, 9.17) is 11.6 Å². The molecule has 88 valence electrons. The molecule has 6 heteroatoms. The molecule has 0 heterocycles. The summed E-state index contributed by atoms with van der Waals surface area (Å²) >= 11 is 5.98. The third-order valence-electron chi connectivity index (χ3n) is 2.20. The molecule has 0 unspecified atom stereocenters. The average molecular weight is 244 g/mol. The van der Waals surface area contributed by atoms with Crippen LogP contribution in [0.1, 0.15) is 0 Å². The van der Waals surface area contributed by atoms with Crippen molar-refractivity contribution in [2.75, 3.05) is 38.0 Å². The van der Waals surface area contributed by atoms with Gasteiger partial charge >= 0.3 is 0 Å². The van der Waals surface area contributed by atoms with Crippen molar-refractivity contribution >= 4 is 28.7 Å². The molecule has 1 aromatic rings. The molecule has 0 atom stereocenters. The van der Waals surface area contributed by atoms with E-state index in [1.807, 2.05) is 19.0 Å². The van der Waals surface area contributed by atoms with Gasteiger partial charge in [-0.1, -0.05) is 11.6 Å². The molecule has 0 saturated heterocycles. The lowest BCUT2D eigenvalue weighted by Gasteiger charge is -2.19. The van der Waals surface area contributed by atoms with Gasteiger partial charge in [0.15, 0.2) is 0 Å². The summed E-state index contributed by atoms with van der Waals surface area (Å²) in [6.45, 7) is 0. The fraction of sp³-hybridized carbons (Fsp3) is 0.400. The van der Waals surface area contributed by atoms with Crippen molar-refractivity contribution in [3.8, 4) is 0 Å². The van der Waals surface area contributed by atoms with Crippen LogP contribution in [-0.4, -0.2) is 33.1 Å². The number of hydrogen-bond donors (Lipinski definition) is 0. The lowest BCUT2D eigenvalue weighted by molar-refractivity contribution is -0.384. The van der Waals surface area contributed by atoms with Gasteiger partial charge in [0.25, 0.3) is 5.69 Å². The van der Waals surface area contributed by atoms with E-state index in [2.05, 4.69) is 0 Å². The van der Waals surface area contributed by atoms with Crippen molar-refractivity contribution < 1.29 is 4.92 Å². The zero-order valence-electron chi connectivity index (χ0n) is 9.69. The van der Waals surface area contributed by atoms with Gasteiger partial charge < -0.3 is 9.80 Å². The molecule has 0 radical (unpaired) electrons. The Morgan fingerprint density at radius 2 is 1.62 bits per heavy atom. The number of anilines is 2. The maximum absolute atomic E-state index is 10.9. The Bertz CT molecular complexity index is 419. The monoisotopic (exact) mass is 243 g/mol. The number of nitro benzene ring substituents is 1. The summed E-state index contributed by atoms with van der Waals surface area (Å²) < 4.78 is 0. The average Bonchev–Trinajstić information content (AvgIpc) is 2.15. The first-order chi connectivity index (χ1) is 7.34. The number of rotatable bonds is 3. The summed E-state index contributed by atoms with van der Waals surface area (Å²) in [5.41, 5.74) is 1.31. The number of halogens is 1. The second-order valence-corrected chi connectivity index (χ2v) is 4.25. The van der Waals surface area contributed by atoms with Gasteiger partial charge in [-0.05, 0) is 6.07 Å². The van der Waals surface area contributed by atoms with E-state index in [0.717, 1.165) is 5.69 Å². The maximum atomic E-state index is 10.9. The third kappa shape index (κ3) is 2.36. The summed E-state index contributed by atoms with van der Waals surface area (Å²) in [5.74, 6) is 0. The van der Waals surface area contributed by atoms with Crippen LogP contribution in [0.4, 0.5) is 17.1 Å². The summed E-state index contributed by atoms with van der Waals surface area (Å²) in [7, 11) is 7.20. The molecule has 0 fully saturated rings. The molecule has 0 aliphatic carbocycles. The van der Waals surface area contributed by atoms with Crippen LogP contribution in [0.5, 0.6) is 0 Å². The van der Waals surface area contributed by atoms with E-state index in [1.54, 1.807) is 25.1 Å². The van der Waals surface area contributed by atoms with Gasteiger partial charge in [-0.25, -0.2) is 0 Å². The maximum Gasteiger partial charge on any atom is 0.294 e. The SMILES string of the molecule is CN(C)c1cc(N(C)C)c([N+](=O)[O-])cc1Cl. The number of benzene rings is 1. The van der Waals surface area contributed by atoms with Crippen LogP contribution in [-0.2, 0) is 0 Å². The third-order valence-corrected chi connectivity index (χ3v) is 2.51. The minimum atomic E-state index is -0.430. The Morgan fingerprint density at radius 1 is 1.12 bits per heavy atom. The quantitative estimate of drug-likeness (QED) is 0.604. The van der Waals surface area contributed by atoms with Gasteiger partial charge in [-0.3, -0.25) is 10.1 Å². The highest BCUT2D eigenvalue weighted by atomic mass is 35.5. The van der Waals surface area contributed by atoms with Crippen molar-refractivity contribution in [2.45, 2.75) is 0 Å². The lowest BCUT2D eigenvalue weighted by Crippen LogP contribution is -2.14. The second kappa shape index (κ2) is 4.57. The van der Waals surface area contributed by atoms with Crippen LogP contribution in [0, 0.1) is 10.1 Å². The topological polar surface area (TPSA) is 49.6 Å². The zero-order valence-corrected chi connectivity index (χ0v) is 10.4. The normalized spacial score (nSPS) is 10.1. The lowest BCUT2D eigenvalue weighted by atomic mass is 10.2. The predicted molar refractivity (Wildman–Crippen MR) is 66.8 cm³/mol. The highest BCUT2D eigenvalue weighted by Crippen LogP contribution is 2.36. The second-order valence-electron chi connectivity index (χ2n) is 3.84. The number of nitrogens with zero attached hydrogens (tertiary/aromatic N) is 3. The molecule has 0 amide bonds. The first kappa shape index (κ1) is 12.6. The molecule has 0 bridgehead atoms. The Balaban J connectivity index is 3.43. The minimum absolute atomic E-state index is 0.0144. The predicted octanol–water partition coefficient (Wildman–Crippen LogP) is 2.38. The Morgan fingerprint density at radius 3 is 2.00 bits per heavy atom. The highest BCUT2D eigenvalue weighted by molar-refractivity contribution is 6.33. The summed E-state index contributed by atoms with van der Waals surface area (Å²) in [6.07, 6.45) is 0. The Hall–Kier alpha value is -1.49. The molecule has 0 saturated carbocycles. The van der Waals surface area contributed by atoms with E-state index in [0.29, 0.717) is 10.7 Å². The number of nitro groups is 1. The van der Waals surface area contributed by atoms with Crippen molar-refractivity contribution in [1.82, 2.24) is 0 Å². The highest BCUT2D eigenvalue weighted by Gasteiger charge is 2.19. The van der Waals surface area contributed by atoms with Gasteiger partial charge in [0.1, 0.15) is 5.69 Å². The van der Waals surface area contributed by atoms with E-state index in [-0.39, 0.29) is 5.69 Å². The summed E-state index contributed by atoms with van der Waals surface area (Å²) in [5, 5.41) is 11.2. The largest absolute Gasteiger partial charge is 0.376 e. The minimum Gasteiger partial charge on any atom is -0.376 e. The molecule has 0 aliphatic rings. The van der Waals surface area contributed by atoms with Gasteiger partial charge in [0, 0.05) is 34.3 Å². The van der Waals surface area contributed by atoms with Crippen LogP contribution >= 0.6 is 11.6 Å². The first-order valence-electron chi connectivity index (χ1n) is 4.67. The van der Waals surface area contributed by atoms with E-state index in [9.17, 15) is 10.1 Å². The van der Waals surface area contributed by atoms with Crippen LogP contribution in [0.25, 0.3) is 0 Å². The smallest absolute Gasteiger partial charge is 0.294 e. The molecule has 1 rings (SSSR count). The molecule has 16 heavy (non-hydrogen) atoms. The van der Waals surface area contributed by atoms with E-state index >= 15 is 0 Å². The number of hydrogen-bond acceptors (Lipinski definition) is 4. The summed E-state index contributed by atoms with van der Waals surface area (Å²) in [4.78, 5) is 14.0. The van der Waals surface area contributed by atoms with Crippen molar-refractivity contribution in [3.63, 3.8) is 0 Å². The Kier molecular flexibility index (Phi) is 3.59. The van der Waals surface area contributed by atoms with Crippen LogP contribution in [0.2, 0.25) is 5.02 Å². The van der Waals surface area contributed by atoms with Gasteiger partial charge in [-0.15, -0.1) is 0 Å². The molecule has 1 aromatic carbocycles. The molecule has 5 nitrogen and oxygen atoms in total. The molecular weight excluding hydrogens is 230 g/mol. The molecule has 0 aliphatic heterocycles. The van der Waals surface area contributed by atoms with Crippen molar-refractivity contribution in [1.29, 1.82) is 0 Å². The molecule has 0 aromatic heterocycles. The molecular formula is C10H14ClN3O2. The zero-order chi connectivity index (χ0) is 12.5. The van der Waals surface area contributed by atoms with E-state index in [1.165, 1.54) is 6.07 Å². The fourth-order valence-corrected chi connectivity index (χ4v) is 1.71. The van der Waals surface area contributed by atoms with Crippen molar-refractivity contribution in [2.24, 2.45) is 0 Å². The first-order valence-corrected chi connectivity index (χ1v) is 5.05. The molecule has 0 N–H and O–H groups in total. The van der Waals surface area contributed by atoms with Crippen LogP contribution < -0.4 is 9.80 Å². The van der Waals surface area contributed by atoms with E-state index < -0.39 is 4.92 Å².